The van der Waals surface area contributed by atoms with Crippen LogP contribution in [-0.2, 0) is 18.0 Å². The molecule has 1 saturated heterocycles. The van der Waals surface area contributed by atoms with Gasteiger partial charge in [-0.25, -0.2) is 0 Å². The van der Waals surface area contributed by atoms with Crippen LogP contribution in [0, 0.1) is 5.92 Å². The Hall–Kier alpha value is -2.06. The number of nitrogens with zero attached hydrogens (tertiary/aromatic N) is 2. The number of hydrogen-bond donors (Lipinski definition) is 2. The van der Waals surface area contributed by atoms with E-state index in [1.165, 1.54) is 12.1 Å². The van der Waals surface area contributed by atoms with E-state index in [2.05, 4.69) is 15.7 Å². The van der Waals surface area contributed by atoms with Gasteiger partial charge in [0.25, 0.3) is 0 Å². The van der Waals surface area contributed by atoms with Gasteiger partial charge in [-0.05, 0) is 23.8 Å². The number of hydrogen-bond acceptors (Lipinski definition) is 3. The van der Waals surface area contributed by atoms with Crippen LogP contribution in [0.15, 0.2) is 36.7 Å². The molecule has 1 aromatic carbocycles. The lowest BCUT2D eigenvalue weighted by Gasteiger charge is -2.17. The molecule has 136 valence electrons. The highest BCUT2D eigenvalue weighted by atomic mass is 35.5. The van der Waals surface area contributed by atoms with Crippen LogP contribution in [-0.4, -0.2) is 28.8 Å². The number of alkyl halides is 3. The van der Waals surface area contributed by atoms with Crippen LogP contribution < -0.4 is 10.6 Å². The monoisotopic (exact) mass is 374 g/mol. The van der Waals surface area contributed by atoms with Gasteiger partial charge < -0.3 is 10.6 Å². The summed E-state index contributed by atoms with van der Waals surface area (Å²) in [6.07, 6.45) is -0.877. The molecule has 5 nitrogen and oxygen atoms in total. The number of amides is 1. The Labute approximate surface area is 149 Å². The summed E-state index contributed by atoms with van der Waals surface area (Å²) in [7, 11) is 1.80. The van der Waals surface area contributed by atoms with E-state index in [1.54, 1.807) is 17.9 Å². The molecule has 3 rings (SSSR count). The number of benzene rings is 1. The van der Waals surface area contributed by atoms with Crippen LogP contribution in [0.4, 0.5) is 18.9 Å². The van der Waals surface area contributed by atoms with Crippen molar-refractivity contribution in [2.45, 2.75) is 12.1 Å². The number of carbonyl (C=O) groups is 1. The summed E-state index contributed by atoms with van der Waals surface area (Å²) in [5.74, 6) is -0.707. The normalized spacial score (nSPS) is 20.2. The maximum atomic E-state index is 12.8. The minimum absolute atomic E-state index is 0. The second kappa shape index (κ2) is 7.45. The lowest BCUT2D eigenvalue weighted by Crippen LogP contribution is -2.28. The van der Waals surface area contributed by atoms with Gasteiger partial charge >= 0.3 is 6.18 Å². The Kier molecular flexibility index (Phi) is 5.74. The first-order valence-corrected chi connectivity index (χ1v) is 7.52. The Morgan fingerprint density at radius 1 is 1.36 bits per heavy atom. The van der Waals surface area contributed by atoms with Gasteiger partial charge in [0, 0.05) is 37.9 Å². The van der Waals surface area contributed by atoms with E-state index >= 15 is 0 Å². The van der Waals surface area contributed by atoms with Crippen LogP contribution in [0.5, 0.6) is 0 Å². The smallest absolute Gasteiger partial charge is 0.326 e. The second-order valence-electron chi connectivity index (χ2n) is 5.89. The van der Waals surface area contributed by atoms with Crippen molar-refractivity contribution in [2.24, 2.45) is 13.0 Å². The predicted octanol–water partition coefficient (Wildman–Crippen LogP) is 2.80. The fraction of sp³-hybridized carbons (Fsp3) is 0.375. The van der Waals surface area contributed by atoms with Crippen molar-refractivity contribution in [3.8, 4) is 0 Å². The number of nitrogens with one attached hydrogen (secondary N) is 2. The van der Waals surface area contributed by atoms with Gasteiger partial charge in [-0.3, -0.25) is 9.48 Å². The molecule has 0 aliphatic carbocycles. The van der Waals surface area contributed by atoms with Gasteiger partial charge in [0.05, 0.1) is 17.7 Å². The minimum atomic E-state index is -4.44. The molecule has 0 radical (unpaired) electrons. The molecule has 25 heavy (non-hydrogen) atoms. The molecule has 1 amide bonds. The lowest BCUT2D eigenvalue weighted by molar-refractivity contribution is -0.137. The average Bonchev–Trinajstić information content (AvgIpc) is 3.15. The van der Waals surface area contributed by atoms with E-state index in [0.717, 1.165) is 17.7 Å². The largest absolute Gasteiger partial charge is 0.416 e. The van der Waals surface area contributed by atoms with Crippen molar-refractivity contribution in [1.82, 2.24) is 15.1 Å². The lowest BCUT2D eigenvalue weighted by atomic mass is 9.90. The molecular formula is C16H18ClF3N4O. The maximum absolute atomic E-state index is 12.8. The molecule has 2 N–H and O–H groups in total. The van der Waals surface area contributed by atoms with E-state index in [4.69, 9.17) is 0 Å². The van der Waals surface area contributed by atoms with Crippen LogP contribution in [0.25, 0.3) is 0 Å². The summed E-state index contributed by atoms with van der Waals surface area (Å²) in [4.78, 5) is 12.5. The van der Waals surface area contributed by atoms with E-state index in [1.807, 2.05) is 6.20 Å². The zero-order valence-electron chi connectivity index (χ0n) is 13.4. The molecule has 1 aromatic heterocycles. The third kappa shape index (κ3) is 4.32. The minimum Gasteiger partial charge on any atom is -0.326 e. The summed E-state index contributed by atoms with van der Waals surface area (Å²) < 4.78 is 39.9. The SMILES string of the molecule is Cl.Cn1cc([C@H]2CNC[C@@H]2C(=O)Nc2cccc(C(F)(F)F)c2)cn1. The van der Waals surface area contributed by atoms with E-state index in [-0.39, 0.29) is 35.8 Å². The predicted molar refractivity (Wildman–Crippen MR) is 89.6 cm³/mol. The number of anilines is 1. The number of halogens is 4. The van der Waals surface area contributed by atoms with Crippen molar-refractivity contribution >= 4 is 24.0 Å². The van der Waals surface area contributed by atoms with E-state index in [0.29, 0.717) is 13.1 Å². The van der Waals surface area contributed by atoms with Gasteiger partial charge in [-0.15, -0.1) is 12.4 Å². The van der Waals surface area contributed by atoms with Crippen LogP contribution >= 0.6 is 12.4 Å². The number of aryl methyl sites for hydroxylation is 1. The first kappa shape index (κ1) is 19.3. The van der Waals surface area contributed by atoms with Gasteiger partial charge in [0.1, 0.15) is 0 Å². The fourth-order valence-electron chi connectivity index (χ4n) is 2.94. The average molecular weight is 375 g/mol. The molecule has 1 aliphatic heterocycles. The molecule has 2 atom stereocenters. The molecule has 1 fully saturated rings. The van der Waals surface area contributed by atoms with Gasteiger partial charge in [-0.2, -0.15) is 18.3 Å². The maximum Gasteiger partial charge on any atom is 0.416 e. The summed E-state index contributed by atoms with van der Waals surface area (Å²) in [6.45, 7) is 1.11. The molecule has 1 aliphatic rings. The first-order valence-electron chi connectivity index (χ1n) is 7.52. The van der Waals surface area contributed by atoms with Gasteiger partial charge in [0.2, 0.25) is 5.91 Å². The highest BCUT2D eigenvalue weighted by Crippen LogP contribution is 2.32. The van der Waals surface area contributed by atoms with E-state index in [9.17, 15) is 18.0 Å². The number of aromatic nitrogens is 2. The third-order valence-electron chi connectivity index (χ3n) is 4.16. The zero-order valence-corrected chi connectivity index (χ0v) is 14.2. The van der Waals surface area contributed by atoms with Crippen molar-refractivity contribution in [3.63, 3.8) is 0 Å². The second-order valence-corrected chi connectivity index (χ2v) is 5.89. The Bertz CT molecular complexity index is 747. The Morgan fingerprint density at radius 3 is 2.76 bits per heavy atom. The quantitative estimate of drug-likeness (QED) is 0.868. The van der Waals surface area contributed by atoms with Crippen molar-refractivity contribution in [3.05, 3.63) is 47.8 Å². The molecular weight excluding hydrogens is 357 g/mol. The third-order valence-corrected chi connectivity index (χ3v) is 4.16. The summed E-state index contributed by atoms with van der Waals surface area (Å²) in [5.41, 5.74) is 0.298. The highest BCUT2D eigenvalue weighted by Gasteiger charge is 2.35. The summed E-state index contributed by atoms with van der Waals surface area (Å²) >= 11 is 0. The molecule has 0 saturated carbocycles. The zero-order chi connectivity index (χ0) is 17.3. The molecule has 2 aromatic rings. The van der Waals surface area contributed by atoms with Crippen molar-refractivity contribution < 1.29 is 18.0 Å². The van der Waals surface area contributed by atoms with Crippen LogP contribution in [0.2, 0.25) is 0 Å². The Balaban J connectivity index is 0.00000225. The fourth-order valence-corrected chi connectivity index (χ4v) is 2.94. The molecule has 2 heterocycles. The van der Waals surface area contributed by atoms with Crippen LogP contribution in [0.3, 0.4) is 0 Å². The molecule has 9 heteroatoms. The highest BCUT2D eigenvalue weighted by molar-refractivity contribution is 5.93. The standard InChI is InChI=1S/C16H17F3N4O.ClH/c1-23-9-10(6-21-23)13-7-20-8-14(13)15(24)22-12-4-2-3-11(5-12)16(17,18)19;/h2-6,9,13-14,20H,7-8H2,1H3,(H,22,24);1H/t13-,14+;/m1./s1. The summed E-state index contributed by atoms with van der Waals surface area (Å²) in [6, 6.07) is 4.66. The summed E-state index contributed by atoms with van der Waals surface area (Å²) in [5, 5.41) is 9.86. The van der Waals surface area contributed by atoms with Crippen molar-refractivity contribution in [1.29, 1.82) is 0 Å². The van der Waals surface area contributed by atoms with E-state index < -0.39 is 11.7 Å². The molecule has 0 bridgehead atoms. The van der Waals surface area contributed by atoms with Crippen LogP contribution in [0.1, 0.15) is 17.0 Å². The van der Waals surface area contributed by atoms with Gasteiger partial charge in [-0.1, -0.05) is 6.07 Å². The topological polar surface area (TPSA) is 59.0 Å². The first-order chi connectivity index (χ1) is 11.3. The van der Waals surface area contributed by atoms with Gasteiger partial charge in [0.15, 0.2) is 0 Å². The molecule has 0 unspecified atom stereocenters. The molecule has 0 spiro atoms. The Morgan fingerprint density at radius 2 is 2.12 bits per heavy atom. The number of carbonyl (C=O) groups excluding carboxylic acids is 1. The number of rotatable bonds is 3. The van der Waals surface area contributed by atoms with Crippen molar-refractivity contribution in [2.75, 3.05) is 18.4 Å².